The van der Waals surface area contributed by atoms with Crippen molar-refractivity contribution in [3.8, 4) is 0 Å². The normalized spacial score (nSPS) is 13.0. The van der Waals surface area contributed by atoms with E-state index in [4.69, 9.17) is 0 Å². The molecule has 3 aromatic carbocycles. The van der Waals surface area contributed by atoms with E-state index in [0.717, 1.165) is 0 Å². The Labute approximate surface area is 147 Å². The number of allylic oxidation sites excluding steroid dienone is 1. The predicted molar refractivity (Wildman–Crippen MR) is 112 cm³/mol. The van der Waals surface area contributed by atoms with Crippen LogP contribution in [0.5, 0.6) is 0 Å². The molecule has 24 heavy (non-hydrogen) atoms. The van der Waals surface area contributed by atoms with E-state index in [0.29, 0.717) is 0 Å². The van der Waals surface area contributed by atoms with Crippen molar-refractivity contribution in [2.45, 2.75) is 46.3 Å². The van der Waals surface area contributed by atoms with Gasteiger partial charge in [-0.1, -0.05) is 92.8 Å². The maximum absolute atomic E-state index is 2.52. The minimum atomic E-state index is -1.44. The second kappa shape index (κ2) is 6.56. The summed E-state index contributed by atoms with van der Waals surface area (Å²) in [5.41, 5.74) is 2.94. The van der Waals surface area contributed by atoms with Crippen molar-refractivity contribution in [2.75, 3.05) is 0 Å². The van der Waals surface area contributed by atoms with E-state index in [-0.39, 0.29) is 0 Å². The highest BCUT2D eigenvalue weighted by Crippen LogP contribution is 2.39. The molecule has 0 heterocycles. The number of rotatable bonds is 4. The van der Waals surface area contributed by atoms with Crippen LogP contribution < -0.4 is 0 Å². The van der Waals surface area contributed by atoms with Gasteiger partial charge in [0.25, 0.3) is 0 Å². The first kappa shape index (κ1) is 17.0. The van der Waals surface area contributed by atoms with Gasteiger partial charge in [0.1, 0.15) is 0 Å². The van der Waals surface area contributed by atoms with E-state index in [9.17, 15) is 0 Å². The Morgan fingerprint density at radius 1 is 0.833 bits per heavy atom. The first-order valence-corrected chi connectivity index (χ1v) is 12.6. The number of hydrogen-bond acceptors (Lipinski definition) is 0. The fraction of sp³-hybridized carbons (Fsp3) is 0.304. The maximum atomic E-state index is 2.52. The number of hydrogen-bond donors (Lipinski definition) is 0. The molecule has 0 atom stereocenters. The molecule has 0 nitrogen and oxygen atoms in total. The van der Waals surface area contributed by atoms with Gasteiger partial charge in [0, 0.05) is 0 Å². The molecule has 0 amide bonds. The molecular weight excluding hydrogens is 304 g/mol. The summed E-state index contributed by atoms with van der Waals surface area (Å²) in [6, 6.07) is 17.8. The van der Waals surface area contributed by atoms with Gasteiger partial charge in [0.2, 0.25) is 0 Å². The largest absolute Gasteiger partial charge is 0.0847 e. The van der Waals surface area contributed by atoms with Crippen molar-refractivity contribution < 1.29 is 0 Å². The fourth-order valence-corrected chi connectivity index (χ4v) is 5.57. The van der Waals surface area contributed by atoms with Crippen molar-refractivity contribution in [1.29, 1.82) is 0 Å². The molecule has 0 N–H and O–H groups in total. The zero-order valence-electron chi connectivity index (χ0n) is 15.6. The number of unbranched alkanes of at least 4 members (excludes halogenated alkanes) is 1. The van der Waals surface area contributed by atoms with Gasteiger partial charge in [0.05, 0.1) is 8.07 Å². The lowest BCUT2D eigenvalue weighted by molar-refractivity contribution is 0.961. The Morgan fingerprint density at radius 3 is 1.88 bits per heavy atom. The Kier molecular flexibility index (Phi) is 4.64. The van der Waals surface area contributed by atoms with Crippen molar-refractivity contribution in [3.63, 3.8) is 0 Å². The SMILES string of the molecule is CCC/C=C(/c1c(C)c2ccccc2c2ccccc12)[Si](C)(C)C. The van der Waals surface area contributed by atoms with E-state index in [1.54, 1.807) is 5.20 Å². The van der Waals surface area contributed by atoms with Crippen LogP contribution in [0.25, 0.3) is 26.7 Å². The number of benzene rings is 3. The number of aryl methyl sites for hydroxylation is 1. The second-order valence-electron chi connectivity index (χ2n) is 7.75. The summed E-state index contributed by atoms with van der Waals surface area (Å²) in [6.45, 7) is 12.0. The van der Waals surface area contributed by atoms with Crippen LogP contribution in [-0.2, 0) is 0 Å². The summed E-state index contributed by atoms with van der Waals surface area (Å²) in [5.74, 6) is 0. The quantitative estimate of drug-likeness (QED) is 0.346. The summed E-state index contributed by atoms with van der Waals surface area (Å²) in [5, 5.41) is 7.18. The van der Waals surface area contributed by atoms with Crippen molar-refractivity contribution in [1.82, 2.24) is 0 Å². The van der Waals surface area contributed by atoms with Crippen LogP contribution in [-0.4, -0.2) is 8.07 Å². The monoisotopic (exact) mass is 332 g/mol. The lowest BCUT2D eigenvalue weighted by Crippen LogP contribution is -2.23. The molecule has 1 heteroatoms. The summed E-state index contributed by atoms with van der Waals surface area (Å²) in [7, 11) is -1.44. The van der Waals surface area contributed by atoms with Gasteiger partial charge in [-0.2, -0.15) is 0 Å². The topological polar surface area (TPSA) is 0 Å². The second-order valence-corrected chi connectivity index (χ2v) is 12.8. The zero-order chi connectivity index (χ0) is 17.3. The van der Waals surface area contributed by atoms with Gasteiger partial charge in [-0.05, 0) is 46.0 Å². The molecule has 3 rings (SSSR count). The van der Waals surface area contributed by atoms with Crippen LogP contribution in [0.2, 0.25) is 19.6 Å². The molecule has 0 aliphatic carbocycles. The van der Waals surface area contributed by atoms with Crippen LogP contribution in [0.3, 0.4) is 0 Å². The lowest BCUT2D eigenvalue weighted by Gasteiger charge is -2.26. The molecule has 0 spiro atoms. The molecule has 0 saturated heterocycles. The Balaban J connectivity index is 2.47. The van der Waals surface area contributed by atoms with Gasteiger partial charge in [-0.15, -0.1) is 0 Å². The van der Waals surface area contributed by atoms with Gasteiger partial charge in [0.15, 0.2) is 0 Å². The molecule has 3 aromatic rings. The van der Waals surface area contributed by atoms with Crippen LogP contribution in [0, 0.1) is 6.92 Å². The highest BCUT2D eigenvalue weighted by atomic mass is 28.3. The minimum Gasteiger partial charge on any atom is -0.0847 e. The summed E-state index contributed by atoms with van der Waals surface area (Å²) in [6.07, 6.45) is 4.90. The van der Waals surface area contributed by atoms with Crippen molar-refractivity contribution in [2.24, 2.45) is 0 Å². The molecule has 0 aliphatic heterocycles. The van der Waals surface area contributed by atoms with Crippen LogP contribution in [0.15, 0.2) is 54.6 Å². The molecule has 0 bridgehead atoms. The lowest BCUT2D eigenvalue weighted by atomic mass is 9.92. The van der Waals surface area contributed by atoms with Crippen molar-refractivity contribution >= 4 is 34.8 Å². The van der Waals surface area contributed by atoms with Gasteiger partial charge < -0.3 is 0 Å². The van der Waals surface area contributed by atoms with E-state index < -0.39 is 8.07 Å². The average molecular weight is 333 g/mol. The van der Waals surface area contributed by atoms with E-state index in [1.165, 1.54) is 45.5 Å². The molecule has 0 aliphatic rings. The maximum Gasteiger partial charge on any atom is 0.0780 e. The predicted octanol–water partition coefficient (Wildman–Crippen LogP) is 7.36. The Morgan fingerprint density at radius 2 is 1.33 bits per heavy atom. The molecule has 0 aromatic heterocycles. The van der Waals surface area contributed by atoms with E-state index in [1.807, 2.05) is 0 Å². The molecule has 0 unspecified atom stereocenters. The van der Waals surface area contributed by atoms with Crippen molar-refractivity contribution in [3.05, 3.63) is 65.7 Å². The van der Waals surface area contributed by atoms with Crippen LogP contribution in [0.4, 0.5) is 0 Å². The van der Waals surface area contributed by atoms with Gasteiger partial charge >= 0.3 is 0 Å². The van der Waals surface area contributed by atoms with Gasteiger partial charge in [-0.25, -0.2) is 0 Å². The standard InChI is InChI=1S/C23H28Si/c1-6-7-16-22(24(3,4)5)23-17(2)18-12-8-9-13-19(18)20-14-10-11-15-21(20)23/h8-16H,6-7H2,1-5H3/b22-16-. The summed E-state index contributed by atoms with van der Waals surface area (Å²) >= 11 is 0. The first-order valence-electron chi connectivity index (χ1n) is 9.06. The highest BCUT2D eigenvalue weighted by Gasteiger charge is 2.24. The van der Waals surface area contributed by atoms with Gasteiger partial charge in [-0.3, -0.25) is 0 Å². The first-order chi connectivity index (χ1) is 11.4. The summed E-state index contributed by atoms with van der Waals surface area (Å²) in [4.78, 5) is 0. The molecule has 0 fully saturated rings. The zero-order valence-corrected chi connectivity index (χ0v) is 16.6. The molecule has 0 radical (unpaired) electrons. The summed E-state index contributed by atoms with van der Waals surface area (Å²) < 4.78 is 0. The third-order valence-corrected chi connectivity index (χ3v) is 6.98. The molecular formula is C23H28Si. The average Bonchev–Trinajstić information content (AvgIpc) is 2.57. The highest BCUT2D eigenvalue weighted by molar-refractivity contribution is 6.94. The fourth-order valence-electron chi connectivity index (χ4n) is 3.74. The third-order valence-electron chi connectivity index (χ3n) is 4.91. The van der Waals surface area contributed by atoms with E-state index >= 15 is 0 Å². The third kappa shape index (κ3) is 2.93. The Bertz CT molecular complexity index is 910. The number of fused-ring (bicyclic) bond motifs is 3. The minimum absolute atomic E-state index is 1.17. The van der Waals surface area contributed by atoms with Crippen LogP contribution in [0.1, 0.15) is 30.9 Å². The van der Waals surface area contributed by atoms with Crippen LogP contribution >= 0.6 is 0 Å². The molecule has 0 saturated carbocycles. The molecule has 124 valence electrons. The van der Waals surface area contributed by atoms with E-state index in [2.05, 4.69) is 88.1 Å². The smallest absolute Gasteiger partial charge is 0.0780 e. The Hall–Kier alpha value is -1.86.